The molecule has 24 heavy (non-hydrogen) atoms. The van der Waals surface area contributed by atoms with Crippen LogP contribution in [0.4, 0.5) is 0 Å². The van der Waals surface area contributed by atoms with Gasteiger partial charge in [0.05, 0.1) is 11.6 Å². The van der Waals surface area contributed by atoms with Gasteiger partial charge in [-0.25, -0.2) is 0 Å². The van der Waals surface area contributed by atoms with E-state index in [1.165, 1.54) is 16.7 Å². The van der Waals surface area contributed by atoms with Gasteiger partial charge in [0.15, 0.2) is 0 Å². The molecule has 0 aliphatic heterocycles. The summed E-state index contributed by atoms with van der Waals surface area (Å²) in [6, 6.07) is 27.2. The molecule has 0 aliphatic rings. The summed E-state index contributed by atoms with van der Waals surface area (Å²) in [7, 11) is 0. The van der Waals surface area contributed by atoms with Crippen molar-refractivity contribution in [1.29, 1.82) is 5.26 Å². The zero-order valence-corrected chi connectivity index (χ0v) is 14.4. The monoisotopic (exact) mass is 311 g/mol. The Bertz CT molecular complexity index is 873. The fourth-order valence-electron chi connectivity index (χ4n) is 2.78. The van der Waals surface area contributed by atoms with Gasteiger partial charge in [0, 0.05) is 0 Å². The Hall–Kier alpha value is -2.85. The Morgan fingerprint density at radius 2 is 1.17 bits per heavy atom. The van der Waals surface area contributed by atoms with Crippen LogP contribution in [0.2, 0.25) is 0 Å². The van der Waals surface area contributed by atoms with E-state index in [0.717, 1.165) is 11.1 Å². The maximum Gasteiger partial charge on any atom is 0.0991 e. The van der Waals surface area contributed by atoms with Crippen molar-refractivity contribution in [3.05, 3.63) is 83.9 Å². The first-order valence-corrected chi connectivity index (χ1v) is 8.19. The quantitative estimate of drug-likeness (QED) is 0.553. The van der Waals surface area contributed by atoms with Gasteiger partial charge < -0.3 is 0 Å². The van der Waals surface area contributed by atoms with E-state index in [-0.39, 0.29) is 5.41 Å². The molecule has 0 bridgehead atoms. The minimum atomic E-state index is 0.170. The smallest absolute Gasteiger partial charge is 0.0991 e. The third kappa shape index (κ3) is 3.39. The highest BCUT2D eigenvalue weighted by Crippen LogP contribution is 2.29. The molecular weight excluding hydrogens is 290 g/mol. The molecule has 3 aromatic carbocycles. The van der Waals surface area contributed by atoms with Gasteiger partial charge in [-0.1, -0.05) is 75.4 Å². The largest absolute Gasteiger partial charge is 0.192 e. The standard InChI is InChI=1S/C23H21N/c1-23(2,3)22-13-11-19(12-14-22)21-6-4-5-20(15-21)18-9-7-17(16-24)8-10-18/h4-15H,1-3H3. The van der Waals surface area contributed by atoms with Gasteiger partial charge in [-0.05, 0) is 51.4 Å². The average molecular weight is 311 g/mol. The molecule has 1 heteroatoms. The highest BCUT2D eigenvalue weighted by Gasteiger charge is 2.13. The lowest BCUT2D eigenvalue weighted by Gasteiger charge is -2.19. The molecule has 3 rings (SSSR count). The Kier molecular flexibility index (Phi) is 4.23. The van der Waals surface area contributed by atoms with Gasteiger partial charge in [0.2, 0.25) is 0 Å². The van der Waals surface area contributed by atoms with Crippen LogP contribution in [0.5, 0.6) is 0 Å². The molecule has 1 nitrogen and oxygen atoms in total. The summed E-state index contributed by atoms with van der Waals surface area (Å²) in [5, 5.41) is 8.92. The number of nitriles is 1. The SMILES string of the molecule is CC(C)(C)c1ccc(-c2cccc(-c3ccc(C#N)cc3)c2)cc1. The summed E-state index contributed by atoms with van der Waals surface area (Å²) in [5.74, 6) is 0. The van der Waals surface area contributed by atoms with E-state index in [0.29, 0.717) is 5.56 Å². The average Bonchev–Trinajstić information content (AvgIpc) is 2.61. The van der Waals surface area contributed by atoms with Crippen molar-refractivity contribution in [2.45, 2.75) is 26.2 Å². The van der Waals surface area contributed by atoms with Crippen LogP contribution in [0.25, 0.3) is 22.3 Å². The summed E-state index contributed by atoms with van der Waals surface area (Å²) in [6.45, 7) is 6.69. The summed E-state index contributed by atoms with van der Waals surface area (Å²) in [5.41, 5.74) is 6.92. The van der Waals surface area contributed by atoms with Gasteiger partial charge in [-0.2, -0.15) is 5.26 Å². The lowest BCUT2D eigenvalue weighted by molar-refractivity contribution is 0.590. The van der Waals surface area contributed by atoms with E-state index >= 15 is 0 Å². The molecule has 0 saturated carbocycles. The second kappa shape index (κ2) is 6.34. The van der Waals surface area contributed by atoms with Crippen molar-refractivity contribution in [3.8, 4) is 28.3 Å². The van der Waals surface area contributed by atoms with Gasteiger partial charge in [0.1, 0.15) is 0 Å². The Labute approximate surface area is 144 Å². The molecule has 0 fully saturated rings. The van der Waals surface area contributed by atoms with Crippen molar-refractivity contribution < 1.29 is 0 Å². The molecule has 0 atom stereocenters. The Morgan fingerprint density at radius 1 is 0.667 bits per heavy atom. The summed E-state index contributed by atoms with van der Waals surface area (Å²) < 4.78 is 0. The van der Waals surface area contributed by atoms with E-state index in [1.807, 2.05) is 24.3 Å². The number of benzene rings is 3. The molecule has 0 N–H and O–H groups in total. The van der Waals surface area contributed by atoms with E-state index < -0.39 is 0 Å². The topological polar surface area (TPSA) is 23.8 Å². The first kappa shape index (κ1) is 16.0. The van der Waals surface area contributed by atoms with Crippen LogP contribution < -0.4 is 0 Å². The van der Waals surface area contributed by atoms with Crippen molar-refractivity contribution in [2.75, 3.05) is 0 Å². The van der Waals surface area contributed by atoms with Gasteiger partial charge in [-0.3, -0.25) is 0 Å². The molecule has 0 aromatic heterocycles. The predicted molar refractivity (Wildman–Crippen MR) is 101 cm³/mol. The van der Waals surface area contributed by atoms with Gasteiger partial charge >= 0.3 is 0 Å². The molecule has 0 heterocycles. The van der Waals surface area contributed by atoms with Crippen molar-refractivity contribution in [2.24, 2.45) is 0 Å². The molecule has 0 radical (unpaired) electrons. The molecule has 0 unspecified atom stereocenters. The second-order valence-corrected chi connectivity index (χ2v) is 7.10. The molecular formula is C23H21N. The third-order valence-electron chi connectivity index (χ3n) is 4.29. The molecule has 0 aliphatic carbocycles. The maximum absolute atomic E-state index is 8.92. The van der Waals surface area contributed by atoms with E-state index in [2.05, 4.69) is 75.4 Å². The minimum absolute atomic E-state index is 0.170. The van der Waals surface area contributed by atoms with Crippen LogP contribution in [0.15, 0.2) is 72.8 Å². The molecule has 0 saturated heterocycles. The fourth-order valence-corrected chi connectivity index (χ4v) is 2.78. The zero-order valence-electron chi connectivity index (χ0n) is 14.4. The van der Waals surface area contributed by atoms with Crippen LogP contribution in [0.3, 0.4) is 0 Å². The van der Waals surface area contributed by atoms with Crippen LogP contribution in [0, 0.1) is 11.3 Å². The van der Waals surface area contributed by atoms with E-state index in [4.69, 9.17) is 5.26 Å². The molecule has 118 valence electrons. The lowest BCUT2D eigenvalue weighted by atomic mass is 9.86. The molecule has 0 spiro atoms. The zero-order chi connectivity index (χ0) is 17.2. The molecule has 0 amide bonds. The summed E-state index contributed by atoms with van der Waals surface area (Å²) in [4.78, 5) is 0. The number of rotatable bonds is 2. The fraction of sp³-hybridized carbons (Fsp3) is 0.174. The first-order chi connectivity index (χ1) is 11.5. The van der Waals surface area contributed by atoms with Crippen LogP contribution in [-0.2, 0) is 5.41 Å². The number of nitrogens with zero attached hydrogens (tertiary/aromatic N) is 1. The van der Waals surface area contributed by atoms with Gasteiger partial charge in [-0.15, -0.1) is 0 Å². The normalized spacial score (nSPS) is 11.1. The number of hydrogen-bond donors (Lipinski definition) is 0. The Morgan fingerprint density at radius 3 is 1.62 bits per heavy atom. The third-order valence-corrected chi connectivity index (χ3v) is 4.29. The lowest BCUT2D eigenvalue weighted by Crippen LogP contribution is -2.10. The minimum Gasteiger partial charge on any atom is -0.192 e. The predicted octanol–water partition coefficient (Wildman–Crippen LogP) is 6.19. The number of hydrogen-bond acceptors (Lipinski definition) is 1. The Balaban J connectivity index is 1.94. The van der Waals surface area contributed by atoms with E-state index in [1.54, 1.807) is 0 Å². The van der Waals surface area contributed by atoms with E-state index in [9.17, 15) is 0 Å². The van der Waals surface area contributed by atoms with Crippen LogP contribution >= 0.6 is 0 Å². The van der Waals surface area contributed by atoms with Crippen molar-refractivity contribution in [1.82, 2.24) is 0 Å². The summed E-state index contributed by atoms with van der Waals surface area (Å²) >= 11 is 0. The maximum atomic E-state index is 8.92. The highest BCUT2D eigenvalue weighted by molar-refractivity contribution is 5.73. The second-order valence-electron chi connectivity index (χ2n) is 7.10. The van der Waals surface area contributed by atoms with Crippen molar-refractivity contribution in [3.63, 3.8) is 0 Å². The van der Waals surface area contributed by atoms with Gasteiger partial charge in [0.25, 0.3) is 0 Å². The molecule has 3 aromatic rings. The van der Waals surface area contributed by atoms with Crippen molar-refractivity contribution >= 4 is 0 Å². The first-order valence-electron chi connectivity index (χ1n) is 8.19. The summed E-state index contributed by atoms with van der Waals surface area (Å²) in [6.07, 6.45) is 0. The highest BCUT2D eigenvalue weighted by atomic mass is 14.2. The van der Waals surface area contributed by atoms with Crippen LogP contribution in [-0.4, -0.2) is 0 Å². The van der Waals surface area contributed by atoms with Crippen LogP contribution in [0.1, 0.15) is 31.9 Å².